The van der Waals surface area contributed by atoms with Crippen LogP contribution in [0.5, 0.6) is 0 Å². The van der Waals surface area contributed by atoms with E-state index in [9.17, 15) is 4.57 Å². The SMILES string of the molecule is C#CN/C=C\N(C)P(C)(=O)n1ccnc1. The van der Waals surface area contributed by atoms with Gasteiger partial charge in [0.25, 0.3) is 7.44 Å². The molecule has 1 unspecified atom stereocenters. The lowest BCUT2D eigenvalue weighted by atomic mass is 10.8. The third kappa shape index (κ3) is 2.64. The average molecular weight is 224 g/mol. The van der Waals surface area contributed by atoms with Crippen LogP contribution in [0, 0.1) is 12.5 Å². The largest absolute Gasteiger partial charge is 0.321 e. The van der Waals surface area contributed by atoms with E-state index in [4.69, 9.17) is 6.42 Å². The van der Waals surface area contributed by atoms with Crippen molar-refractivity contribution in [1.29, 1.82) is 0 Å². The molecule has 0 aliphatic carbocycles. The number of imidazole rings is 1. The summed E-state index contributed by atoms with van der Waals surface area (Å²) in [5, 5.41) is 2.56. The van der Waals surface area contributed by atoms with Crippen molar-refractivity contribution >= 4 is 7.44 Å². The van der Waals surface area contributed by atoms with Crippen LogP contribution < -0.4 is 5.32 Å². The van der Waals surface area contributed by atoms with Crippen molar-refractivity contribution in [3.8, 4) is 12.5 Å². The lowest BCUT2D eigenvalue weighted by Gasteiger charge is -2.23. The predicted molar refractivity (Wildman–Crippen MR) is 60.0 cm³/mol. The molecule has 6 heteroatoms. The monoisotopic (exact) mass is 224 g/mol. The normalized spacial score (nSPS) is 14.5. The molecule has 80 valence electrons. The molecule has 0 fully saturated rings. The van der Waals surface area contributed by atoms with E-state index in [0.29, 0.717) is 0 Å². The summed E-state index contributed by atoms with van der Waals surface area (Å²) < 4.78 is 15.5. The number of terminal acetylenes is 1. The first-order valence-corrected chi connectivity index (χ1v) is 6.32. The van der Waals surface area contributed by atoms with Gasteiger partial charge in [0.1, 0.15) is 6.33 Å². The fraction of sp³-hybridized carbons (Fsp3) is 0.222. The van der Waals surface area contributed by atoms with E-state index in [-0.39, 0.29) is 0 Å². The van der Waals surface area contributed by atoms with Crippen LogP contribution in [0.1, 0.15) is 0 Å². The molecule has 1 aromatic heterocycles. The van der Waals surface area contributed by atoms with Gasteiger partial charge in [0.2, 0.25) is 0 Å². The van der Waals surface area contributed by atoms with E-state index in [2.05, 4.69) is 16.3 Å². The van der Waals surface area contributed by atoms with Gasteiger partial charge in [-0.1, -0.05) is 6.42 Å². The summed E-state index contributed by atoms with van der Waals surface area (Å²) in [5.74, 6) is 0. The van der Waals surface area contributed by atoms with Crippen LogP contribution in [-0.2, 0) is 4.57 Å². The van der Waals surface area contributed by atoms with E-state index in [0.717, 1.165) is 0 Å². The van der Waals surface area contributed by atoms with Crippen molar-refractivity contribution in [2.24, 2.45) is 0 Å². The van der Waals surface area contributed by atoms with Crippen LogP contribution in [0.4, 0.5) is 0 Å². The summed E-state index contributed by atoms with van der Waals surface area (Å²) in [4.78, 5) is 3.86. The fourth-order valence-corrected chi connectivity index (χ4v) is 2.15. The van der Waals surface area contributed by atoms with Gasteiger partial charge in [-0.05, 0) is 0 Å². The van der Waals surface area contributed by atoms with Crippen molar-refractivity contribution in [3.63, 3.8) is 0 Å². The molecule has 1 heterocycles. The van der Waals surface area contributed by atoms with Gasteiger partial charge >= 0.3 is 0 Å². The Hall–Kier alpha value is -1.66. The van der Waals surface area contributed by atoms with Crippen LogP contribution in [0.2, 0.25) is 0 Å². The maximum atomic E-state index is 12.3. The maximum absolute atomic E-state index is 12.3. The third-order valence-corrected chi connectivity index (χ3v) is 4.36. The molecule has 0 saturated carbocycles. The van der Waals surface area contributed by atoms with E-state index < -0.39 is 7.44 Å². The molecule has 1 rings (SSSR count). The summed E-state index contributed by atoms with van der Waals surface area (Å²) in [5.41, 5.74) is 0. The van der Waals surface area contributed by atoms with Crippen LogP contribution in [0.15, 0.2) is 31.1 Å². The minimum atomic E-state index is -2.64. The van der Waals surface area contributed by atoms with Crippen molar-refractivity contribution in [2.45, 2.75) is 0 Å². The zero-order chi connectivity index (χ0) is 11.3. The van der Waals surface area contributed by atoms with Gasteiger partial charge in [0, 0.05) is 44.6 Å². The lowest BCUT2D eigenvalue weighted by Crippen LogP contribution is -2.12. The van der Waals surface area contributed by atoms with E-state index in [1.165, 1.54) is 6.33 Å². The Balaban J connectivity index is 2.79. The smallest absolute Gasteiger partial charge is 0.264 e. The first kappa shape index (κ1) is 11.4. The number of aromatic nitrogens is 2. The molecular weight excluding hydrogens is 211 g/mol. The Morgan fingerprint density at radius 1 is 1.73 bits per heavy atom. The topological polar surface area (TPSA) is 50.2 Å². The Morgan fingerprint density at radius 2 is 2.47 bits per heavy atom. The number of nitrogens with zero attached hydrogens (tertiary/aromatic N) is 3. The quantitative estimate of drug-likeness (QED) is 0.473. The Bertz CT molecular complexity index is 418. The lowest BCUT2D eigenvalue weighted by molar-refractivity contribution is 0.526. The highest BCUT2D eigenvalue weighted by atomic mass is 31.2. The van der Waals surface area contributed by atoms with E-state index in [1.807, 2.05) is 0 Å². The second-order valence-corrected chi connectivity index (χ2v) is 5.72. The molecule has 0 aliphatic rings. The molecule has 1 atom stereocenters. The minimum Gasteiger partial charge on any atom is -0.321 e. The highest BCUT2D eigenvalue weighted by Gasteiger charge is 2.20. The summed E-state index contributed by atoms with van der Waals surface area (Å²) >= 11 is 0. The second-order valence-electron chi connectivity index (χ2n) is 2.96. The number of hydrogen-bond donors (Lipinski definition) is 1. The summed E-state index contributed by atoms with van der Waals surface area (Å²) in [6.07, 6.45) is 13.0. The summed E-state index contributed by atoms with van der Waals surface area (Å²) in [6.45, 7) is 1.65. The van der Waals surface area contributed by atoms with Crippen LogP contribution in [-0.4, -0.2) is 27.7 Å². The first-order valence-electron chi connectivity index (χ1n) is 4.26. The Labute approximate surface area is 89.3 Å². The van der Waals surface area contributed by atoms with E-state index >= 15 is 0 Å². The van der Waals surface area contributed by atoms with Crippen molar-refractivity contribution < 1.29 is 4.57 Å². The minimum absolute atomic E-state index is 1.53. The molecule has 0 amide bonds. The summed E-state index contributed by atoms with van der Waals surface area (Å²) in [7, 11) is -0.919. The Kier molecular flexibility index (Phi) is 3.59. The first-order chi connectivity index (χ1) is 7.09. The molecule has 1 N–H and O–H groups in total. The van der Waals surface area contributed by atoms with Gasteiger partial charge in [-0.3, -0.25) is 8.90 Å². The molecule has 5 nitrogen and oxygen atoms in total. The van der Waals surface area contributed by atoms with Crippen molar-refractivity contribution in [1.82, 2.24) is 19.3 Å². The van der Waals surface area contributed by atoms with Crippen molar-refractivity contribution in [2.75, 3.05) is 13.7 Å². The van der Waals surface area contributed by atoms with Gasteiger partial charge < -0.3 is 9.99 Å². The highest BCUT2D eigenvalue weighted by molar-refractivity contribution is 7.59. The fourth-order valence-electron chi connectivity index (χ4n) is 0.951. The van der Waals surface area contributed by atoms with Crippen molar-refractivity contribution in [3.05, 3.63) is 31.1 Å². The average Bonchev–Trinajstić information content (AvgIpc) is 2.71. The van der Waals surface area contributed by atoms with E-state index in [1.54, 1.807) is 47.5 Å². The van der Waals surface area contributed by atoms with Crippen LogP contribution in [0.25, 0.3) is 0 Å². The van der Waals surface area contributed by atoms with Crippen LogP contribution >= 0.6 is 7.44 Å². The molecule has 0 spiro atoms. The maximum Gasteiger partial charge on any atom is 0.264 e. The number of rotatable bonds is 4. The molecule has 0 bridgehead atoms. The molecular formula is C9H13N4OP. The summed E-state index contributed by atoms with van der Waals surface area (Å²) in [6, 6.07) is 2.24. The van der Waals surface area contributed by atoms with Crippen LogP contribution in [0.3, 0.4) is 0 Å². The molecule has 15 heavy (non-hydrogen) atoms. The van der Waals surface area contributed by atoms with Gasteiger partial charge in [-0.2, -0.15) is 0 Å². The van der Waals surface area contributed by atoms with Gasteiger partial charge in [-0.15, -0.1) is 0 Å². The van der Waals surface area contributed by atoms with Gasteiger partial charge in [-0.25, -0.2) is 4.98 Å². The number of hydrogen-bond acceptors (Lipinski definition) is 3. The molecule has 0 aromatic carbocycles. The standard InChI is InChI=1S/C9H13N4OP/c1-4-10-5-7-12(2)15(3,14)13-8-6-11-9-13/h1,5-10H,2-3H3/b7-5-. The molecule has 0 saturated heterocycles. The molecule has 1 aromatic rings. The Morgan fingerprint density at radius 3 is 3.00 bits per heavy atom. The highest BCUT2D eigenvalue weighted by Crippen LogP contribution is 2.45. The number of nitrogens with one attached hydrogen (secondary N) is 1. The zero-order valence-corrected chi connectivity index (χ0v) is 9.56. The predicted octanol–water partition coefficient (Wildman–Crippen LogP) is 1.14. The zero-order valence-electron chi connectivity index (χ0n) is 8.66. The van der Waals surface area contributed by atoms with Gasteiger partial charge in [0.15, 0.2) is 0 Å². The molecule has 0 radical (unpaired) electrons. The third-order valence-electron chi connectivity index (χ3n) is 1.96. The second kappa shape index (κ2) is 4.72. The molecule has 0 aliphatic heterocycles. The van der Waals surface area contributed by atoms with Gasteiger partial charge in [0.05, 0.1) is 0 Å².